The van der Waals surface area contributed by atoms with Gasteiger partial charge in [-0.15, -0.1) is 0 Å². The maximum atomic E-state index is 12.7. The van der Waals surface area contributed by atoms with Crippen LogP contribution in [0.3, 0.4) is 0 Å². The summed E-state index contributed by atoms with van der Waals surface area (Å²) < 4.78 is 17.1. The van der Waals surface area contributed by atoms with Crippen molar-refractivity contribution in [3.05, 3.63) is 24.3 Å². The maximum absolute atomic E-state index is 12.7. The zero-order valence-electron chi connectivity index (χ0n) is 33.8. The predicted octanol–water partition coefficient (Wildman–Crippen LogP) is 9.58. The zero-order chi connectivity index (χ0) is 37.8. The van der Waals surface area contributed by atoms with E-state index in [1.165, 1.54) is 83.5 Å². The van der Waals surface area contributed by atoms with Crippen molar-refractivity contribution in [1.82, 2.24) is 0 Å². The van der Waals surface area contributed by atoms with Gasteiger partial charge < -0.3 is 28.6 Å². The Morgan fingerprint density at radius 1 is 0.569 bits per heavy atom. The molecule has 0 saturated carbocycles. The SMILES string of the molecule is CCCC/C=C\CCCCCCCC(=O)OCC(COCCC(C(=O)[O-])[N+](C)(C)C)OC(=O)CCCCCCC/C=C\CCCCCCCCC. The van der Waals surface area contributed by atoms with Crippen molar-refractivity contribution >= 4 is 17.9 Å². The fourth-order valence-corrected chi connectivity index (χ4v) is 5.99. The van der Waals surface area contributed by atoms with Crippen molar-refractivity contribution in [2.45, 2.75) is 193 Å². The molecule has 0 rings (SSSR count). The van der Waals surface area contributed by atoms with Gasteiger partial charge in [0.25, 0.3) is 0 Å². The Bertz CT molecular complexity index is 895. The van der Waals surface area contributed by atoms with Crippen molar-refractivity contribution < 1.29 is 38.2 Å². The number of allylic oxidation sites excluding steroid dienone is 4. The van der Waals surface area contributed by atoms with Crippen LogP contribution < -0.4 is 5.11 Å². The van der Waals surface area contributed by atoms with Gasteiger partial charge in [0.1, 0.15) is 12.6 Å². The van der Waals surface area contributed by atoms with Crippen LogP contribution in [-0.4, -0.2) is 75.5 Å². The molecule has 0 heterocycles. The van der Waals surface area contributed by atoms with Gasteiger partial charge in [-0.2, -0.15) is 0 Å². The predicted molar refractivity (Wildman–Crippen MR) is 208 cm³/mol. The van der Waals surface area contributed by atoms with E-state index in [9.17, 15) is 19.5 Å². The van der Waals surface area contributed by atoms with Gasteiger partial charge in [0.2, 0.25) is 0 Å². The molecule has 0 aliphatic rings. The third-order valence-corrected chi connectivity index (χ3v) is 9.31. The molecule has 0 aliphatic carbocycles. The summed E-state index contributed by atoms with van der Waals surface area (Å²) in [5.41, 5.74) is 0. The first-order valence-electron chi connectivity index (χ1n) is 20.9. The number of carboxylic acid groups (broad SMARTS) is 1. The number of carboxylic acids is 1. The lowest BCUT2D eigenvalue weighted by Gasteiger charge is -2.34. The first-order chi connectivity index (χ1) is 24.6. The smallest absolute Gasteiger partial charge is 0.306 e. The van der Waals surface area contributed by atoms with E-state index in [1.807, 2.05) is 0 Å². The molecule has 8 nitrogen and oxygen atoms in total. The molecule has 0 bridgehead atoms. The van der Waals surface area contributed by atoms with E-state index >= 15 is 0 Å². The van der Waals surface area contributed by atoms with Gasteiger partial charge in [-0.3, -0.25) is 9.59 Å². The van der Waals surface area contributed by atoms with Gasteiger partial charge in [-0.25, -0.2) is 0 Å². The minimum absolute atomic E-state index is 0.0370. The van der Waals surface area contributed by atoms with Crippen LogP contribution in [0.5, 0.6) is 0 Å². The van der Waals surface area contributed by atoms with Crippen LogP contribution in [-0.2, 0) is 28.6 Å². The van der Waals surface area contributed by atoms with E-state index in [4.69, 9.17) is 14.2 Å². The second-order valence-electron chi connectivity index (χ2n) is 15.2. The fraction of sp³-hybridized carbons (Fsp3) is 0.837. The Kier molecular flexibility index (Phi) is 33.4. The van der Waals surface area contributed by atoms with Crippen molar-refractivity contribution in [3.63, 3.8) is 0 Å². The Morgan fingerprint density at radius 3 is 1.47 bits per heavy atom. The van der Waals surface area contributed by atoms with Gasteiger partial charge in [-0.1, -0.05) is 128 Å². The average molecular weight is 722 g/mol. The molecule has 2 unspecified atom stereocenters. The van der Waals surface area contributed by atoms with Crippen LogP contribution in [0.15, 0.2) is 24.3 Å². The number of hydrogen-bond acceptors (Lipinski definition) is 7. The highest BCUT2D eigenvalue weighted by Crippen LogP contribution is 2.13. The molecule has 0 saturated heterocycles. The molecule has 2 atom stereocenters. The second-order valence-corrected chi connectivity index (χ2v) is 15.2. The molecule has 298 valence electrons. The second kappa shape index (κ2) is 34.9. The zero-order valence-corrected chi connectivity index (χ0v) is 33.8. The third kappa shape index (κ3) is 33.4. The molecule has 8 heteroatoms. The molecule has 0 aromatic heterocycles. The molecule has 0 aromatic carbocycles. The van der Waals surface area contributed by atoms with Crippen LogP contribution in [0, 0.1) is 0 Å². The highest BCUT2D eigenvalue weighted by atomic mass is 16.6. The molecule has 51 heavy (non-hydrogen) atoms. The van der Waals surface area contributed by atoms with E-state index in [-0.39, 0.29) is 42.7 Å². The van der Waals surface area contributed by atoms with Crippen molar-refractivity contribution in [1.29, 1.82) is 0 Å². The molecule has 0 amide bonds. The lowest BCUT2D eigenvalue weighted by molar-refractivity contribution is -0.889. The van der Waals surface area contributed by atoms with Crippen molar-refractivity contribution in [2.24, 2.45) is 0 Å². The van der Waals surface area contributed by atoms with Crippen LogP contribution >= 0.6 is 0 Å². The van der Waals surface area contributed by atoms with Crippen LogP contribution in [0.25, 0.3) is 0 Å². The number of aliphatic carboxylic acids is 1. The molecule has 0 spiro atoms. The van der Waals surface area contributed by atoms with Crippen molar-refractivity contribution in [2.75, 3.05) is 41.0 Å². The summed E-state index contributed by atoms with van der Waals surface area (Å²) in [6.07, 6.45) is 36.3. The number of ether oxygens (including phenoxy) is 3. The van der Waals surface area contributed by atoms with E-state index in [2.05, 4.69) is 38.2 Å². The summed E-state index contributed by atoms with van der Waals surface area (Å²) in [5.74, 6) is -1.76. The van der Waals surface area contributed by atoms with Crippen molar-refractivity contribution in [3.8, 4) is 0 Å². The number of quaternary nitrogens is 1. The van der Waals surface area contributed by atoms with Crippen LogP contribution in [0.1, 0.15) is 181 Å². The number of hydrogen-bond donors (Lipinski definition) is 0. The maximum Gasteiger partial charge on any atom is 0.306 e. The standard InChI is InChI=1S/C43H79NO7/c1-6-8-10-12-14-16-18-19-20-21-22-24-26-28-30-32-34-42(46)51-39(37-49-36-35-40(43(47)48)44(3,4)5)38-50-41(45)33-31-29-27-25-23-17-15-13-11-9-7-2/h13,15,20-21,39-40H,6-12,14,16-19,22-38H2,1-5H3/b15-13-,21-20-. The van der Waals surface area contributed by atoms with Crippen LogP contribution in [0.4, 0.5) is 0 Å². The summed E-state index contributed by atoms with van der Waals surface area (Å²) in [6, 6.07) is -0.725. The average Bonchev–Trinajstić information content (AvgIpc) is 3.08. The number of rotatable bonds is 37. The normalized spacial score (nSPS) is 13.2. The number of carbonyl (C=O) groups excluding carboxylic acids is 3. The molecule has 0 fully saturated rings. The summed E-state index contributed by atoms with van der Waals surface area (Å²) in [7, 11) is 5.40. The van der Waals surface area contributed by atoms with E-state index in [0.717, 1.165) is 64.2 Å². The summed E-state index contributed by atoms with van der Waals surface area (Å²) in [4.78, 5) is 36.7. The van der Waals surface area contributed by atoms with Gasteiger partial charge in [0, 0.05) is 19.3 Å². The van der Waals surface area contributed by atoms with Crippen LogP contribution in [0.2, 0.25) is 0 Å². The number of carbonyl (C=O) groups is 3. The largest absolute Gasteiger partial charge is 0.544 e. The van der Waals surface area contributed by atoms with E-state index in [0.29, 0.717) is 12.8 Å². The molecule has 0 aromatic rings. The molecular formula is C43H79NO7. The summed E-state index contributed by atoms with van der Waals surface area (Å²) in [6.45, 7) is 4.60. The Balaban J connectivity index is 4.38. The summed E-state index contributed by atoms with van der Waals surface area (Å²) in [5, 5.41) is 11.6. The minimum Gasteiger partial charge on any atom is -0.544 e. The Morgan fingerprint density at radius 2 is 1.00 bits per heavy atom. The first-order valence-corrected chi connectivity index (χ1v) is 20.9. The first kappa shape index (κ1) is 48.8. The lowest BCUT2D eigenvalue weighted by Crippen LogP contribution is -2.55. The molecule has 0 aliphatic heterocycles. The Hall–Kier alpha value is -2.19. The monoisotopic (exact) mass is 722 g/mol. The fourth-order valence-electron chi connectivity index (χ4n) is 5.99. The highest BCUT2D eigenvalue weighted by molar-refractivity contribution is 5.70. The highest BCUT2D eigenvalue weighted by Gasteiger charge is 2.25. The number of esters is 2. The minimum atomic E-state index is -1.13. The third-order valence-electron chi connectivity index (χ3n) is 9.31. The molecule has 0 radical (unpaired) electrons. The van der Waals surface area contributed by atoms with E-state index < -0.39 is 18.1 Å². The van der Waals surface area contributed by atoms with E-state index in [1.54, 1.807) is 21.1 Å². The lowest BCUT2D eigenvalue weighted by atomic mass is 10.1. The number of likely N-dealkylation sites (N-methyl/N-ethyl adjacent to an activating group) is 1. The van der Waals surface area contributed by atoms with Gasteiger partial charge >= 0.3 is 11.9 Å². The topological polar surface area (TPSA) is 102 Å². The van der Waals surface area contributed by atoms with Gasteiger partial charge in [0.15, 0.2) is 6.10 Å². The van der Waals surface area contributed by atoms with Gasteiger partial charge in [0.05, 0.1) is 40.3 Å². The Labute approximate surface area is 313 Å². The number of unbranched alkanes of at least 4 members (excludes halogenated alkanes) is 19. The molecule has 0 N–H and O–H groups in total. The summed E-state index contributed by atoms with van der Waals surface area (Å²) >= 11 is 0. The van der Waals surface area contributed by atoms with Gasteiger partial charge in [-0.05, 0) is 57.8 Å². The molecular weight excluding hydrogens is 642 g/mol. The number of nitrogens with zero attached hydrogens (tertiary/aromatic N) is 1. The quantitative estimate of drug-likeness (QED) is 0.0273.